The lowest BCUT2D eigenvalue weighted by atomic mass is 9.87. The second-order valence-electron chi connectivity index (χ2n) is 4.54. The molecular formula is C12H18BrNS. The van der Waals surface area contributed by atoms with Crippen LogP contribution in [0, 0.1) is 5.92 Å². The Bertz CT molecular complexity index is 302. The zero-order valence-electron chi connectivity index (χ0n) is 9.13. The van der Waals surface area contributed by atoms with E-state index in [0.29, 0.717) is 0 Å². The molecule has 1 N–H and O–H groups in total. The second kappa shape index (κ2) is 5.46. The molecule has 1 aromatic heterocycles. The number of halogens is 1. The summed E-state index contributed by atoms with van der Waals surface area (Å²) in [6.07, 6.45) is 5.50. The molecule has 1 aliphatic carbocycles. The van der Waals surface area contributed by atoms with E-state index in [4.69, 9.17) is 0 Å². The number of hydrogen-bond donors (Lipinski definition) is 1. The van der Waals surface area contributed by atoms with Gasteiger partial charge in [0.15, 0.2) is 0 Å². The third-order valence-electron chi connectivity index (χ3n) is 3.21. The lowest BCUT2D eigenvalue weighted by molar-refractivity contribution is 0.307. The molecule has 0 unspecified atom stereocenters. The summed E-state index contributed by atoms with van der Waals surface area (Å²) in [7, 11) is 0. The number of thiophene rings is 1. The maximum atomic E-state index is 3.66. The molecule has 0 radical (unpaired) electrons. The van der Waals surface area contributed by atoms with Crippen LogP contribution in [0.4, 0.5) is 0 Å². The maximum absolute atomic E-state index is 3.66. The summed E-state index contributed by atoms with van der Waals surface area (Å²) in [5.74, 6) is 0.943. The van der Waals surface area contributed by atoms with Crippen LogP contribution in [0.15, 0.2) is 15.9 Å². The number of rotatable bonds is 3. The molecular weight excluding hydrogens is 270 g/mol. The summed E-state index contributed by atoms with van der Waals surface area (Å²) in [6.45, 7) is 3.40. The van der Waals surface area contributed by atoms with E-state index in [-0.39, 0.29) is 0 Å². The first-order chi connectivity index (χ1) is 7.24. The fourth-order valence-corrected chi connectivity index (χ4v) is 3.59. The van der Waals surface area contributed by atoms with Crippen LogP contribution in [-0.4, -0.2) is 6.04 Å². The van der Waals surface area contributed by atoms with E-state index in [9.17, 15) is 0 Å². The van der Waals surface area contributed by atoms with Crippen molar-refractivity contribution < 1.29 is 0 Å². The molecule has 1 aromatic rings. The van der Waals surface area contributed by atoms with E-state index in [1.165, 1.54) is 34.3 Å². The quantitative estimate of drug-likeness (QED) is 0.880. The van der Waals surface area contributed by atoms with Crippen LogP contribution in [0.1, 0.15) is 37.5 Å². The first-order valence-corrected chi connectivity index (χ1v) is 7.32. The van der Waals surface area contributed by atoms with Crippen molar-refractivity contribution in [1.29, 1.82) is 0 Å². The monoisotopic (exact) mass is 287 g/mol. The van der Waals surface area contributed by atoms with Gasteiger partial charge in [0, 0.05) is 17.5 Å². The van der Waals surface area contributed by atoms with E-state index in [1.807, 2.05) is 11.3 Å². The van der Waals surface area contributed by atoms with Crippen LogP contribution in [-0.2, 0) is 6.54 Å². The van der Waals surface area contributed by atoms with Gasteiger partial charge in [-0.25, -0.2) is 0 Å². The minimum Gasteiger partial charge on any atom is -0.309 e. The molecule has 15 heavy (non-hydrogen) atoms. The molecule has 1 aliphatic rings. The average molecular weight is 288 g/mol. The van der Waals surface area contributed by atoms with Crippen molar-refractivity contribution in [2.24, 2.45) is 5.92 Å². The highest BCUT2D eigenvalue weighted by molar-refractivity contribution is 9.11. The zero-order chi connectivity index (χ0) is 10.7. The molecule has 3 heteroatoms. The minimum atomic E-state index is 0.752. The molecule has 1 nitrogen and oxygen atoms in total. The Labute approximate surface area is 104 Å². The summed E-state index contributed by atoms with van der Waals surface area (Å²) in [5, 5.41) is 3.66. The third-order valence-corrected chi connectivity index (χ3v) is 4.83. The third kappa shape index (κ3) is 3.58. The highest BCUT2D eigenvalue weighted by Gasteiger charge is 2.17. The summed E-state index contributed by atoms with van der Waals surface area (Å²) < 4.78 is 1.23. The summed E-state index contributed by atoms with van der Waals surface area (Å²) in [6, 6.07) is 5.08. The van der Waals surface area contributed by atoms with Gasteiger partial charge >= 0.3 is 0 Å². The average Bonchev–Trinajstić information content (AvgIpc) is 2.64. The van der Waals surface area contributed by atoms with Gasteiger partial charge in [0.1, 0.15) is 0 Å². The van der Waals surface area contributed by atoms with Crippen LogP contribution in [0.3, 0.4) is 0 Å². The predicted octanol–water partition coefficient (Wildman–Crippen LogP) is 4.18. The SMILES string of the molecule is CC1CCC(NCc2ccc(Br)s2)CC1. The van der Waals surface area contributed by atoms with Gasteiger partial charge in [-0.3, -0.25) is 0 Å². The Morgan fingerprint density at radius 2 is 2.07 bits per heavy atom. The largest absolute Gasteiger partial charge is 0.309 e. The Morgan fingerprint density at radius 3 is 2.67 bits per heavy atom. The van der Waals surface area contributed by atoms with Gasteiger partial charge in [-0.15, -0.1) is 11.3 Å². The lowest BCUT2D eigenvalue weighted by Crippen LogP contribution is -2.31. The van der Waals surface area contributed by atoms with Gasteiger partial charge in [0.25, 0.3) is 0 Å². The summed E-state index contributed by atoms with van der Waals surface area (Å²) >= 11 is 5.33. The van der Waals surface area contributed by atoms with Crippen molar-refractivity contribution in [2.75, 3.05) is 0 Å². The Morgan fingerprint density at radius 1 is 1.33 bits per heavy atom. The van der Waals surface area contributed by atoms with Gasteiger partial charge in [-0.1, -0.05) is 6.92 Å². The number of nitrogens with one attached hydrogen (secondary N) is 1. The molecule has 84 valence electrons. The van der Waals surface area contributed by atoms with Crippen LogP contribution < -0.4 is 5.32 Å². The second-order valence-corrected chi connectivity index (χ2v) is 7.09. The normalized spacial score (nSPS) is 26.8. The van der Waals surface area contributed by atoms with E-state index >= 15 is 0 Å². The Kier molecular flexibility index (Phi) is 4.23. The highest BCUT2D eigenvalue weighted by Crippen LogP contribution is 2.25. The molecule has 0 aromatic carbocycles. The summed E-state index contributed by atoms with van der Waals surface area (Å²) in [5.41, 5.74) is 0. The highest BCUT2D eigenvalue weighted by atomic mass is 79.9. The lowest BCUT2D eigenvalue weighted by Gasteiger charge is -2.26. The molecule has 0 aliphatic heterocycles. The Balaban J connectivity index is 1.74. The first-order valence-electron chi connectivity index (χ1n) is 5.71. The Hall–Kier alpha value is 0.140. The van der Waals surface area contributed by atoms with Crippen molar-refractivity contribution >= 4 is 27.3 Å². The molecule has 1 saturated carbocycles. The van der Waals surface area contributed by atoms with E-state index in [1.54, 1.807) is 0 Å². The van der Waals surface area contributed by atoms with Crippen molar-refractivity contribution in [1.82, 2.24) is 5.32 Å². The fourth-order valence-electron chi connectivity index (χ4n) is 2.16. The maximum Gasteiger partial charge on any atom is 0.0701 e. The van der Waals surface area contributed by atoms with E-state index < -0.39 is 0 Å². The first kappa shape index (κ1) is 11.6. The standard InChI is InChI=1S/C12H18BrNS/c1-9-2-4-10(5-3-9)14-8-11-6-7-12(13)15-11/h6-7,9-10,14H,2-5,8H2,1H3. The fraction of sp³-hybridized carbons (Fsp3) is 0.667. The molecule has 1 fully saturated rings. The molecule has 0 amide bonds. The van der Waals surface area contributed by atoms with Gasteiger partial charge in [-0.05, 0) is 59.7 Å². The van der Waals surface area contributed by atoms with E-state index in [0.717, 1.165) is 18.5 Å². The van der Waals surface area contributed by atoms with Gasteiger partial charge in [-0.2, -0.15) is 0 Å². The zero-order valence-corrected chi connectivity index (χ0v) is 11.5. The molecule has 0 atom stereocenters. The van der Waals surface area contributed by atoms with Crippen molar-refractivity contribution in [3.05, 3.63) is 20.8 Å². The number of hydrogen-bond acceptors (Lipinski definition) is 2. The molecule has 0 saturated heterocycles. The molecule has 0 bridgehead atoms. The molecule has 0 spiro atoms. The van der Waals surface area contributed by atoms with Gasteiger partial charge in [0.2, 0.25) is 0 Å². The van der Waals surface area contributed by atoms with Crippen molar-refractivity contribution in [3.8, 4) is 0 Å². The van der Waals surface area contributed by atoms with Gasteiger partial charge < -0.3 is 5.32 Å². The van der Waals surface area contributed by atoms with Crippen LogP contribution in [0.2, 0.25) is 0 Å². The summed E-state index contributed by atoms with van der Waals surface area (Å²) in [4.78, 5) is 1.43. The smallest absolute Gasteiger partial charge is 0.0701 e. The molecule has 2 rings (SSSR count). The van der Waals surface area contributed by atoms with E-state index in [2.05, 4.69) is 40.3 Å². The molecule has 1 heterocycles. The topological polar surface area (TPSA) is 12.0 Å². The van der Waals surface area contributed by atoms with Crippen LogP contribution in [0.5, 0.6) is 0 Å². The van der Waals surface area contributed by atoms with Crippen LogP contribution in [0.25, 0.3) is 0 Å². The van der Waals surface area contributed by atoms with Crippen molar-refractivity contribution in [3.63, 3.8) is 0 Å². The van der Waals surface area contributed by atoms with Gasteiger partial charge in [0.05, 0.1) is 3.79 Å². The minimum absolute atomic E-state index is 0.752. The van der Waals surface area contributed by atoms with Crippen molar-refractivity contribution in [2.45, 2.75) is 45.2 Å². The van der Waals surface area contributed by atoms with Crippen LogP contribution >= 0.6 is 27.3 Å². The predicted molar refractivity (Wildman–Crippen MR) is 70.3 cm³/mol.